The molecule has 0 amide bonds. The minimum atomic E-state index is 0.729. The molecule has 0 saturated heterocycles. The second-order valence-corrected chi connectivity index (χ2v) is 5.81. The summed E-state index contributed by atoms with van der Waals surface area (Å²) < 4.78 is 6.35. The molecule has 0 radical (unpaired) electrons. The largest absolute Gasteiger partial charge is 0.339 e. The lowest BCUT2D eigenvalue weighted by molar-refractivity contribution is 0.368. The molecule has 0 bridgehead atoms. The highest BCUT2D eigenvalue weighted by Crippen LogP contribution is 2.33. The highest BCUT2D eigenvalue weighted by molar-refractivity contribution is 9.10. The number of hydrogen-bond acceptors (Lipinski definition) is 3. The minimum Gasteiger partial charge on any atom is -0.339 e. The monoisotopic (exact) mass is 306 g/mol. The zero-order valence-electron chi connectivity index (χ0n) is 10.1. The van der Waals surface area contributed by atoms with E-state index in [4.69, 9.17) is 4.52 Å². The summed E-state index contributed by atoms with van der Waals surface area (Å²) >= 11 is 3.46. The first-order valence-electron chi connectivity index (χ1n) is 6.35. The van der Waals surface area contributed by atoms with Gasteiger partial charge >= 0.3 is 0 Å². The van der Waals surface area contributed by atoms with Crippen molar-refractivity contribution in [2.75, 3.05) is 0 Å². The molecule has 1 aliphatic carbocycles. The van der Waals surface area contributed by atoms with Crippen LogP contribution in [0.3, 0.4) is 0 Å². The Kier molecular flexibility index (Phi) is 3.46. The normalized spacial score (nSPS) is 14.9. The summed E-state index contributed by atoms with van der Waals surface area (Å²) in [4.78, 5) is 4.44. The fourth-order valence-corrected chi connectivity index (χ4v) is 2.47. The molecule has 1 fully saturated rings. The molecule has 0 atom stereocenters. The van der Waals surface area contributed by atoms with E-state index in [1.54, 1.807) is 0 Å². The van der Waals surface area contributed by atoms with E-state index in [1.165, 1.54) is 24.8 Å². The van der Waals surface area contributed by atoms with Crippen molar-refractivity contribution in [1.29, 1.82) is 0 Å². The highest BCUT2D eigenvalue weighted by atomic mass is 79.9. The Morgan fingerprint density at radius 3 is 3.00 bits per heavy atom. The van der Waals surface area contributed by atoms with Gasteiger partial charge in [0.2, 0.25) is 5.89 Å². The Balaban J connectivity index is 1.61. The van der Waals surface area contributed by atoms with Gasteiger partial charge in [-0.1, -0.05) is 46.1 Å². The Morgan fingerprint density at radius 1 is 1.33 bits per heavy atom. The number of aryl methyl sites for hydroxylation is 1. The standard InChI is InChI=1S/C14H15BrN2O/c15-12-3-1-2-11(8-12)9-13-16-14(18-17-13)7-6-10-4-5-10/h1-3,8,10H,4-7,9H2. The van der Waals surface area contributed by atoms with E-state index in [0.717, 1.165) is 34.9 Å². The molecule has 1 heterocycles. The predicted octanol–water partition coefficient (Wildman–Crippen LogP) is 3.77. The lowest BCUT2D eigenvalue weighted by Crippen LogP contribution is -1.92. The van der Waals surface area contributed by atoms with Crippen molar-refractivity contribution in [3.05, 3.63) is 46.0 Å². The third kappa shape index (κ3) is 3.19. The Bertz CT molecular complexity index is 534. The predicted molar refractivity (Wildman–Crippen MR) is 72.3 cm³/mol. The van der Waals surface area contributed by atoms with Crippen LogP contribution in [0.15, 0.2) is 33.3 Å². The molecule has 4 heteroatoms. The number of benzene rings is 1. The fourth-order valence-electron chi connectivity index (χ4n) is 2.03. The number of halogens is 1. The first kappa shape index (κ1) is 11.9. The Hall–Kier alpha value is -1.16. The molecule has 94 valence electrons. The van der Waals surface area contributed by atoms with Crippen molar-refractivity contribution in [2.45, 2.75) is 32.1 Å². The average Bonchev–Trinajstić information content (AvgIpc) is 3.08. The smallest absolute Gasteiger partial charge is 0.226 e. The molecule has 1 aliphatic rings. The number of aromatic nitrogens is 2. The fraction of sp³-hybridized carbons (Fsp3) is 0.429. The first-order chi connectivity index (χ1) is 8.79. The summed E-state index contributed by atoms with van der Waals surface area (Å²) in [5.74, 6) is 2.47. The van der Waals surface area contributed by atoms with Crippen LogP contribution in [0.2, 0.25) is 0 Å². The molecule has 2 aromatic rings. The highest BCUT2D eigenvalue weighted by Gasteiger charge is 2.21. The maximum absolute atomic E-state index is 5.27. The zero-order valence-corrected chi connectivity index (χ0v) is 11.7. The second kappa shape index (κ2) is 5.22. The summed E-state index contributed by atoms with van der Waals surface area (Å²) in [6.07, 6.45) is 5.60. The van der Waals surface area contributed by atoms with E-state index >= 15 is 0 Å². The van der Waals surface area contributed by atoms with Crippen LogP contribution in [-0.2, 0) is 12.8 Å². The van der Waals surface area contributed by atoms with Gasteiger partial charge < -0.3 is 4.52 Å². The van der Waals surface area contributed by atoms with Gasteiger partial charge in [-0.3, -0.25) is 0 Å². The number of nitrogens with zero attached hydrogens (tertiary/aromatic N) is 2. The third-order valence-electron chi connectivity index (χ3n) is 3.22. The van der Waals surface area contributed by atoms with Gasteiger partial charge in [0, 0.05) is 17.3 Å². The van der Waals surface area contributed by atoms with E-state index in [1.807, 2.05) is 12.1 Å². The van der Waals surface area contributed by atoms with Crippen molar-refractivity contribution >= 4 is 15.9 Å². The van der Waals surface area contributed by atoms with Gasteiger partial charge in [0.1, 0.15) is 0 Å². The third-order valence-corrected chi connectivity index (χ3v) is 3.72. The van der Waals surface area contributed by atoms with Crippen LogP contribution in [-0.4, -0.2) is 10.1 Å². The molecule has 0 N–H and O–H groups in total. The summed E-state index contributed by atoms with van der Waals surface area (Å²) in [5, 5.41) is 4.04. The van der Waals surface area contributed by atoms with Crippen molar-refractivity contribution in [1.82, 2.24) is 10.1 Å². The van der Waals surface area contributed by atoms with Crippen molar-refractivity contribution < 1.29 is 4.52 Å². The van der Waals surface area contributed by atoms with E-state index in [0.29, 0.717) is 0 Å². The summed E-state index contributed by atoms with van der Waals surface area (Å²) in [6, 6.07) is 8.19. The van der Waals surface area contributed by atoms with Crippen LogP contribution in [0.4, 0.5) is 0 Å². The van der Waals surface area contributed by atoms with Gasteiger partial charge in [0.05, 0.1) is 0 Å². The molecule has 18 heavy (non-hydrogen) atoms. The average molecular weight is 307 g/mol. The summed E-state index contributed by atoms with van der Waals surface area (Å²) in [7, 11) is 0. The molecular weight excluding hydrogens is 292 g/mol. The van der Waals surface area contributed by atoms with Crippen molar-refractivity contribution in [3.63, 3.8) is 0 Å². The number of rotatable bonds is 5. The van der Waals surface area contributed by atoms with Crippen LogP contribution in [0.1, 0.15) is 36.5 Å². The maximum Gasteiger partial charge on any atom is 0.226 e. The van der Waals surface area contributed by atoms with Crippen molar-refractivity contribution in [3.8, 4) is 0 Å². The summed E-state index contributed by atoms with van der Waals surface area (Å²) in [5.41, 5.74) is 1.19. The van der Waals surface area contributed by atoms with Gasteiger partial charge in [0.15, 0.2) is 5.82 Å². The van der Waals surface area contributed by atoms with Crippen LogP contribution < -0.4 is 0 Å². The quantitative estimate of drug-likeness (QED) is 0.844. The molecule has 0 spiro atoms. The van der Waals surface area contributed by atoms with Gasteiger partial charge in [-0.25, -0.2) is 0 Å². The van der Waals surface area contributed by atoms with E-state index < -0.39 is 0 Å². The molecule has 0 unspecified atom stereocenters. The van der Waals surface area contributed by atoms with E-state index in [-0.39, 0.29) is 0 Å². The van der Waals surface area contributed by atoms with Gasteiger partial charge in [-0.05, 0) is 30.0 Å². The van der Waals surface area contributed by atoms with Crippen LogP contribution in [0.25, 0.3) is 0 Å². The lowest BCUT2D eigenvalue weighted by Gasteiger charge is -1.96. The molecular formula is C14H15BrN2O. The van der Waals surface area contributed by atoms with Gasteiger partial charge in [0.25, 0.3) is 0 Å². The maximum atomic E-state index is 5.27. The van der Waals surface area contributed by atoms with Gasteiger partial charge in [-0.15, -0.1) is 0 Å². The Morgan fingerprint density at radius 2 is 2.22 bits per heavy atom. The van der Waals surface area contributed by atoms with Crippen molar-refractivity contribution in [2.24, 2.45) is 5.92 Å². The van der Waals surface area contributed by atoms with Crippen LogP contribution in [0, 0.1) is 5.92 Å². The molecule has 1 aromatic carbocycles. The lowest BCUT2D eigenvalue weighted by atomic mass is 10.1. The number of hydrogen-bond donors (Lipinski definition) is 0. The molecule has 3 nitrogen and oxygen atoms in total. The Labute approximate surface area is 115 Å². The topological polar surface area (TPSA) is 38.9 Å². The molecule has 0 aliphatic heterocycles. The zero-order chi connectivity index (χ0) is 12.4. The van der Waals surface area contributed by atoms with Crippen LogP contribution >= 0.6 is 15.9 Å². The van der Waals surface area contributed by atoms with E-state index in [9.17, 15) is 0 Å². The molecule has 3 rings (SSSR count). The molecule has 1 saturated carbocycles. The molecule has 1 aromatic heterocycles. The summed E-state index contributed by atoms with van der Waals surface area (Å²) in [6.45, 7) is 0. The second-order valence-electron chi connectivity index (χ2n) is 4.89. The minimum absolute atomic E-state index is 0.729. The first-order valence-corrected chi connectivity index (χ1v) is 7.15. The van der Waals surface area contributed by atoms with Crippen LogP contribution in [0.5, 0.6) is 0 Å². The van der Waals surface area contributed by atoms with E-state index in [2.05, 4.69) is 38.2 Å². The van der Waals surface area contributed by atoms with Gasteiger partial charge in [-0.2, -0.15) is 4.98 Å². The SMILES string of the molecule is Brc1cccc(Cc2noc(CCC3CC3)n2)c1.